The van der Waals surface area contributed by atoms with Crippen molar-refractivity contribution in [3.63, 3.8) is 0 Å². The van der Waals surface area contributed by atoms with Crippen LogP contribution in [0.1, 0.15) is 44.2 Å². The molecule has 0 aliphatic carbocycles. The van der Waals surface area contributed by atoms with Crippen LogP contribution in [0, 0.1) is 0 Å². The van der Waals surface area contributed by atoms with Gasteiger partial charge < -0.3 is 15.4 Å². The number of aromatic nitrogens is 2. The first-order valence-corrected chi connectivity index (χ1v) is 10.7. The lowest BCUT2D eigenvalue weighted by atomic mass is 10.1. The molecule has 0 atom stereocenters. The summed E-state index contributed by atoms with van der Waals surface area (Å²) in [6, 6.07) is 4.21. The molecule has 0 unspecified atom stereocenters. The average molecular weight is 484 g/mol. The number of hydrogen-bond donors (Lipinski definition) is 2. The van der Waals surface area contributed by atoms with Gasteiger partial charge in [0.25, 0.3) is 11.5 Å². The van der Waals surface area contributed by atoms with Gasteiger partial charge in [-0.1, -0.05) is 38.5 Å². The van der Waals surface area contributed by atoms with Crippen molar-refractivity contribution in [1.82, 2.24) is 9.55 Å². The number of benzene rings is 1. The summed E-state index contributed by atoms with van der Waals surface area (Å²) >= 11 is 0. The van der Waals surface area contributed by atoms with Crippen LogP contribution in [0.5, 0.6) is 0 Å². The normalized spacial score (nSPS) is 11.3. The van der Waals surface area contributed by atoms with Gasteiger partial charge in [0.15, 0.2) is 12.3 Å². The molecule has 34 heavy (non-hydrogen) atoms. The molecule has 1 heterocycles. The lowest BCUT2D eigenvalue weighted by Crippen LogP contribution is -2.43. The van der Waals surface area contributed by atoms with E-state index in [-0.39, 0.29) is 30.2 Å². The Balaban J connectivity index is 2.20. The van der Waals surface area contributed by atoms with Gasteiger partial charge in [0.2, 0.25) is 0 Å². The number of aromatic amines is 1. The smallest absolute Gasteiger partial charge is 0.416 e. The van der Waals surface area contributed by atoms with Gasteiger partial charge in [0.05, 0.1) is 12.0 Å². The first kappa shape index (κ1) is 26.7. The second-order valence-corrected chi connectivity index (χ2v) is 7.58. The first-order chi connectivity index (χ1) is 16.0. The zero-order chi connectivity index (χ0) is 25.5. The van der Waals surface area contributed by atoms with Gasteiger partial charge in [-0.3, -0.25) is 23.9 Å². The number of ether oxygens (including phenoxy) is 1. The molecule has 2 aromatic rings. The van der Waals surface area contributed by atoms with Crippen LogP contribution in [-0.2, 0) is 33.5 Å². The Morgan fingerprint density at radius 2 is 1.88 bits per heavy atom. The predicted molar refractivity (Wildman–Crippen MR) is 119 cm³/mol. The van der Waals surface area contributed by atoms with Crippen molar-refractivity contribution >= 4 is 23.4 Å². The first-order valence-electron chi connectivity index (χ1n) is 10.7. The van der Waals surface area contributed by atoms with E-state index in [0.717, 1.165) is 21.6 Å². The summed E-state index contributed by atoms with van der Waals surface area (Å²) in [6.07, 6.45) is -3.32. The second-order valence-electron chi connectivity index (χ2n) is 7.58. The zero-order valence-electron chi connectivity index (χ0n) is 18.9. The minimum Gasteiger partial charge on any atom is -0.455 e. The van der Waals surface area contributed by atoms with Crippen molar-refractivity contribution in [2.45, 2.75) is 52.3 Å². The van der Waals surface area contributed by atoms with Gasteiger partial charge in [-0.25, -0.2) is 4.79 Å². The quantitative estimate of drug-likeness (QED) is 0.499. The van der Waals surface area contributed by atoms with E-state index in [1.807, 2.05) is 6.92 Å². The van der Waals surface area contributed by atoms with Crippen molar-refractivity contribution in [3.05, 3.63) is 56.2 Å². The molecule has 1 amide bonds. The molecule has 186 valence electrons. The molecular formula is C22H27F3N4O5. The number of nitrogens with two attached hydrogens (primary N) is 1. The number of nitrogens with one attached hydrogen (secondary N) is 1. The van der Waals surface area contributed by atoms with Gasteiger partial charge in [0.1, 0.15) is 5.82 Å². The van der Waals surface area contributed by atoms with Crippen molar-refractivity contribution < 1.29 is 27.5 Å². The number of halogens is 3. The number of H-pyrrole nitrogens is 1. The maximum absolute atomic E-state index is 12.9. The number of nitrogens with zero attached hydrogens (tertiary/aromatic N) is 2. The van der Waals surface area contributed by atoms with Crippen LogP contribution in [-0.4, -0.2) is 34.6 Å². The lowest BCUT2D eigenvalue weighted by Gasteiger charge is -2.24. The molecule has 12 heteroatoms. The Morgan fingerprint density at radius 3 is 2.50 bits per heavy atom. The number of nitrogen functional groups attached to an aromatic ring is 1. The monoisotopic (exact) mass is 484 g/mol. The molecule has 0 fully saturated rings. The Bertz CT molecular complexity index is 1140. The number of hydrogen-bond acceptors (Lipinski definition) is 6. The van der Waals surface area contributed by atoms with Crippen molar-refractivity contribution in [2.75, 3.05) is 23.8 Å². The average Bonchev–Trinajstić information content (AvgIpc) is 2.76. The summed E-state index contributed by atoms with van der Waals surface area (Å²) in [6.45, 7) is 3.21. The number of carbonyl (C=O) groups excluding carboxylic acids is 2. The van der Waals surface area contributed by atoms with Gasteiger partial charge >= 0.3 is 17.8 Å². The van der Waals surface area contributed by atoms with E-state index in [9.17, 15) is 32.3 Å². The van der Waals surface area contributed by atoms with E-state index in [1.54, 1.807) is 6.92 Å². The molecule has 0 radical (unpaired) electrons. The number of esters is 1. The third-order valence-corrected chi connectivity index (χ3v) is 4.93. The summed E-state index contributed by atoms with van der Waals surface area (Å²) < 4.78 is 44.7. The highest BCUT2D eigenvalue weighted by molar-refractivity contribution is 5.97. The van der Waals surface area contributed by atoms with Gasteiger partial charge in [0, 0.05) is 13.1 Å². The molecule has 0 spiro atoms. The molecule has 0 bridgehead atoms. The van der Waals surface area contributed by atoms with Gasteiger partial charge in [-0.05, 0) is 24.5 Å². The molecular weight excluding hydrogens is 457 g/mol. The highest BCUT2D eigenvalue weighted by Crippen LogP contribution is 2.29. The number of amides is 1. The van der Waals surface area contributed by atoms with E-state index in [1.165, 1.54) is 12.1 Å². The topological polar surface area (TPSA) is 127 Å². The standard InChI is InChI=1S/C22H27F3N4O5/c1-3-5-10-28(18-19(26)29(9-4-2)21(33)27-20(18)32)16(30)13-34-17(31)12-14-7-6-8-15(11-14)22(23,24)25/h6-8,11H,3-5,9-10,12-13,26H2,1-2H3,(H,27,32,33). The van der Waals surface area contributed by atoms with Crippen LogP contribution in [0.4, 0.5) is 24.7 Å². The fraction of sp³-hybridized carbons (Fsp3) is 0.455. The SMILES string of the molecule is CCCCN(C(=O)COC(=O)Cc1cccc(C(F)(F)F)c1)c1c(N)n(CCC)c(=O)[nH]c1=O. The minimum absolute atomic E-state index is 0.0717. The molecule has 2 rings (SSSR count). The van der Waals surface area contributed by atoms with Crippen LogP contribution >= 0.6 is 0 Å². The van der Waals surface area contributed by atoms with Crippen LogP contribution in [0.15, 0.2) is 33.9 Å². The molecule has 3 N–H and O–H groups in total. The third-order valence-electron chi connectivity index (χ3n) is 4.93. The van der Waals surface area contributed by atoms with E-state index in [0.29, 0.717) is 19.3 Å². The molecule has 0 saturated heterocycles. The van der Waals surface area contributed by atoms with E-state index < -0.39 is 47.9 Å². The van der Waals surface area contributed by atoms with Crippen molar-refractivity contribution in [1.29, 1.82) is 0 Å². The largest absolute Gasteiger partial charge is 0.455 e. The molecule has 1 aromatic heterocycles. The highest BCUT2D eigenvalue weighted by Gasteiger charge is 2.30. The predicted octanol–water partition coefficient (Wildman–Crippen LogP) is 2.47. The Labute approximate surface area is 193 Å². The Kier molecular flexibility index (Phi) is 9.04. The summed E-state index contributed by atoms with van der Waals surface area (Å²) in [5.41, 5.74) is 3.42. The Hall–Kier alpha value is -3.57. The van der Waals surface area contributed by atoms with Gasteiger partial charge in [-0.15, -0.1) is 0 Å². The summed E-state index contributed by atoms with van der Waals surface area (Å²) in [5, 5.41) is 0. The molecule has 0 aliphatic heterocycles. The van der Waals surface area contributed by atoms with Crippen LogP contribution in [0.25, 0.3) is 0 Å². The maximum Gasteiger partial charge on any atom is 0.416 e. The second kappa shape index (κ2) is 11.5. The Morgan fingerprint density at radius 1 is 1.18 bits per heavy atom. The molecule has 1 aromatic carbocycles. The van der Waals surface area contributed by atoms with E-state index in [2.05, 4.69) is 4.98 Å². The van der Waals surface area contributed by atoms with Gasteiger partial charge in [-0.2, -0.15) is 13.2 Å². The maximum atomic E-state index is 12.9. The summed E-state index contributed by atoms with van der Waals surface area (Å²) in [5.74, 6) is -1.86. The molecule has 0 aliphatic rings. The summed E-state index contributed by atoms with van der Waals surface area (Å²) in [4.78, 5) is 52.8. The number of rotatable bonds is 10. The number of unbranched alkanes of at least 4 members (excludes halogenated alkanes) is 1. The number of anilines is 2. The van der Waals surface area contributed by atoms with Crippen molar-refractivity contribution in [2.24, 2.45) is 0 Å². The highest BCUT2D eigenvalue weighted by atomic mass is 19.4. The van der Waals surface area contributed by atoms with Crippen LogP contribution < -0.4 is 21.9 Å². The minimum atomic E-state index is -4.56. The number of carbonyl (C=O) groups is 2. The molecule has 0 saturated carbocycles. The fourth-order valence-corrected chi connectivity index (χ4v) is 3.26. The van der Waals surface area contributed by atoms with E-state index >= 15 is 0 Å². The van der Waals surface area contributed by atoms with Crippen molar-refractivity contribution in [3.8, 4) is 0 Å². The third kappa shape index (κ3) is 6.72. The zero-order valence-corrected chi connectivity index (χ0v) is 18.9. The van der Waals surface area contributed by atoms with Crippen LogP contribution in [0.2, 0.25) is 0 Å². The lowest BCUT2D eigenvalue weighted by molar-refractivity contribution is -0.147. The van der Waals surface area contributed by atoms with Crippen LogP contribution in [0.3, 0.4) is 0 Å². The summed E-state index contributed by atoms with van der Waals surface area (Å²) in [7, 11) is 0. The number of alkyl halides is 3. The fourth-order valence-electron chi connectivity index (χ4n) is 3.26. The van der Waals surface area contributed by atoms with E-state index in [4.69, 9.17) is 10.5 Å². The molecule has 9 nitrogen and oxygen atoms in total.